The van der Waals surface area contributed by atoms with Gasteiger partial charge >= 0.3 is 5.97 Å². The van der Waals surface area contributed by atoms with Crippen molar-refractivity contribution >= 4 is 27.8 Å². The zero-order valence-corrected chi connectivity index (χ0v) is 11.2. The molecule has 2 unspecified atom stereocenters. The van der Waals surface area contributed by atoms with Crippen molar-refractivity contribution in [1.82, 2.24) is 5.32 Å². The van der Waals surface area contributed by atoms with Crippen LogP contribution >= 0.6 is 15.9 Å². The first-order valence-corrected chi connectivity index (χ1v) is 6.02. The van der Waals surface area contributed by atoms with Crippen LogP contribution in [0.2, 0.25) is 0 Å². The van der Waals surface area contributed by atoms with E-state index in [2.05, 4.69) is 21.2 Å². The summed E-state index contributed by atoms with van der Waals surface area (Å²) in [6.45, 7) is 3.66. The third-order valence-corrected chi connectivity index (χ3v) is 3.01. The molecule has 0 aliphatic carbocycles. The van der Waals surface area contributed by atoms with E-state index >= 15 is 0 Å². The van der Waals surface area contributed by atoms with E-state index in [-0.39, 0.29) is 5.92 Å². The molecule has 17 heavy (non-hydrogen) atoms. The van der Waals surface area contributed by atoms with Gasteiger partial charge in [0, 0.05) is 6.07 Å². The van der Waals surface area contributed by atoms with Crippen LogP contribution in [-0.4, -0.2) is 23.0 Å². The summed E-state index contributed by atoms with van der Waals surface area (Å²) in [6, 6.07) is 0.603. The van der Waals surface area contributed by atoms with E-state index in [1.54, 1.807) is 6.92 Å². The summed E-state index contributed by atoms with van der Waals surface area (Å²) in [7, 11) is 0. The minimum absolute atomic E-state index is 0.133. The number of aliphatic carboxylic acids is 1. The lowest BCUT2D eigenvalue weighted by molar-refractivity contribution is -0.140. The van der Waals surface area contributed by atoms with Crippen LogP contribution in [0, 0.1) is 5.92 Å². The Morgan fingerprint density at radius 1 is 1.59 bits per heavy atom. The number of carbonyl (C=O) groups excluding carboxylic acids is 1. The average Bonchev–Trinajstić information content (AvgIpc) is 2.71. The summed E-state index contributed by atoms with van der Waals surface area (Å²) in [5.74, 6) is -1.62. The van der Waals surface area contributed by atoms with Crippen molar-refractivity contribution < 1.29 is 19.1 Å². The fourth-order valence-electron chi connectivity index (χ4n) is 1.34. The van der Waals surface area contributed by atoms with Gasteiger partial charge in [-0.15, -0.1) is 0 Å². The molecule has 1 heterocycles. The minimum Gasteiger partial charge on any atom is -0.480 e. The Balaban J connectivity index is 2.74. The Bertz CT molecular complexity index is 415. The molecule has 1 rings (SSSR count). The lowest BCUT2D eigenvalue weighted by Gasteiger charge is -2.19. The molecule has 2 atom stereocenters. The Labute approximate surface area is 107 Å². The summed E-state index contributed by atoms with van der Waals surface area (Å²) in [5, 5.41) is 11.5. The first-order chi connectivity index (χ1) is 7.95. The Morgan fingerprint density at radius 3 is 2.65 bits per heavy atom. The molecule has 0 saturated carbocycles. The number of halogens is 1. The number of furan rings is 1. The number of hydrogen-bond donors (Lipinski definition) is 2. The van der Waals surface area contributed by atoms with Crippen molar-refractivity contribution in [1.29, 1.82) is 0 Å². The average molecular weight is 304 g/mol. The molecule has 0 aliphatic rings. The molecule has 0 spiro atoms. The van der Waals surface area contributed by atoms with Gasteiger partial charge in [-0.25, -0.2) is 4.79 Å². The number of carboxylic acids is 1. The molecule has 5 nitrogen and oxygen atoms in total. The second kappa shape index (κ2) is 5.86. The van der Waals surface area contributed by atoms with E-state index in [1.807, 2.05) is 6.92 Å². The van der Waals surface area contributed by atoms with Crippen LogP contribution in [0.5, 0.6) is 0 Å². The van der Waals surface area contributed by atoms with Gasteiger partial charge in [0.05, 0.1) is 5.56 Å². The summed E-state index contributed by atoms with van der Waals surface area (Å²) in [5.41, 5.74) is 0.298. The van der Waals surface area contributed by atoms with Gasteiger partial charge < -0.3 is 14.8 Å². The third kappa shape index (κ3) is 3.59. The van der Waals surface area contributed by atoms with Gasteiger partial charge in [0.15, 0.2) is 4.67 Å². The van der Waals surface area contributed by atoms with Crippen molar-refractivity contribution in [3.8, 4) is 0 Å². The van der Waals surface area contributed by atoms with Crippen molar-refractivity contribution in [3.63, 3.8) is 0 Å². The van der Waals surface area contributed by atoms with E-state index in [0.29, 0.717) is 16.7 Å². The summed E-state index contributed by atoms with van der Waals surface area (Å²) >= 11 is 3.08. The maximum Gasteiger partial charge on any atom is 0.326 e. The first-order valence-electron chi connectivity index (χ1n) is 5.23. The van der Waals surface area contributed by atoms with Crippen molar-refractivity contribution in [2.45, 2.75) is 26.3 Å². The summed E-state index contributed by atoms with van der Waals surface area (Å²) < 4.78 is 5.35. The molecule has 0 saturated heterocycles. The van der Waals surface area contributed by atoms with Gasteiger partial charge in [0.1, 0.15) is 12.3 Å². The fourth-order valence-corrected chi connectivity index (χ4v) is 1.68. The van der Waals surface area contributed by atoms with Crippen LogP contribution in [0.4, 0.5) is 0 Å². The highest BCUT2D eigenvalue weighted by atomic mass is 79.9. The number of amides is 1. The topological polar surface area (TPSA) is 79.5 Å². The first kappa shape index (κ1) is 13.8. The van der Waals surface area contributed by atoms with E-state index in [9.17, 15) is 9.59 Å². The predicted molar refractivity (Wildman–Crippen MR) is 64.8 cm³/mol. The van der Waals surface area contributed by atoms with Crippen LogP contribution < -0.4 is 5.32 Å². The molecule has 1 aromatic rings. The highest BCUT2D eigenvalue weighted by Gasteiger charge is 2.26. The zero-order valence-electron chi connectivity index (χ0n) is 9.57. The molecule has 1 aromatic heterocycles. The molecule has 0 aromatic carbocycles. The Kier molecular flexibility index (Phi) is 4.74. The number of carbonyl (C=O) groups is 2. The molecular formula is C11H14BrNO4. The van der Waals surface area contributed by atoms with Gasteiger partial charge in [0.2, 0.25) is 0 Å². The second-order valence-corrected chi connectivity index (χ2v) is 4.60. The number of rotatable bonds is 5. The molecule has 94 valence electrons. The minimum atomic E-state index is -1.03. The predicted octanol–water partition coefficient (Wildman–Crippen LogP) is 2.27. The second-order valence-electron chi connectivity index (χ2n) is 3.81. The van der Waals surface area contributed by atoms with Gasteiger partial charge in [-0.3, -0.25) is 4.79 Å². The van der Waals surface area contributed by atoms with Crippen LogP contribution in [0.25, 0.3) is 0 Å². The zero-order chi connectivity index (χ0) is 13.0. The summed E-state index contributed by atoms with van der Waals surface area (Å²) in [6.07, 6.45) is 1.95. The van der Waals surface area contributed by atoms with E-state index < -0.39 is 17.9 Å². The normalized spacial score (nSPS) is 14.1. The highest BCUT2D eigenvalue weighted by molar-refractivity contribution is 9.10. The molecular weight excluding hydrogens is 290 g/mol. The number of hydrogen-bond acceptors (Lipinski definition) is 3. The number of carboxylic acid groups (broad SMARTS) is 1. The van der Waals surface area contributed by atoms with Gasteiger partial charge in [-0.05, 0) is 21.8 Å². The van der Waals surface area contributed by atoms with Gasteiger partial charge in [0.25, 0.3) is 5.91 Å². The Morgan fingerprint density at radius 2 is 2.24 bits per heavy atom. The van der Waals surface area contributed by atoms with E-state index in [0.717, 1.165) is 0 Å². The quantitative estimate of drug-likeness (QED) is 0.874. The van der Waals surface area contributed by atoms with Crippen LogP contribution in [0.3, 0.4) is 0 Å². The monoisotopic (exact) mass is 303 g/mol. The van der Waals surface area contributed by atoms with E-state index in [4.69, 9.17) is 9.52 Å². The van der Waals surface area contributed by atoms with Gasteiger partial charge in [-0.2, -0.15) is 0 Å². The third-order valence-electron chi connectivity index (χ3n) is 2.60. The van der Waals surface area contributed by atoms with Crippen molar-refractivity contribution in [2.24, 2.45) is 5.92 Å². The standard InChI is InChI=1S/C11H14BrNO4/c1-3-6(2)9(11(15)16)13-10(14)7-4-8(12)17-5-7/h4-6,9H,3H2,1-2H3,(H,13,14)(H,15,16). The summed E-state index contributed by atoms with van der Waals surface area (Å²) in [4.78, 5) is 22.8. The smallest absolute Gasteiger partial charge is 0.326 e. The molecule has 0 bridgehead atoms. The van der Waals surface area contributed by atoms with Gasteiger partial charge in [-0.1, -0.05) is 20.3 Å². The van der Waals surface area contributed by atoms with Crippen molar-refractivity contribution in [2.75, 3.05) is 0 Å². The molecule has 1 amide bonds. The van der Waals surface area contributed by atoms with Crippen LogP contribution in [0.1, 0.15) is 30.6 Å². The van der Waals surface area contributed by atoms with Crippen LogP contribution in [0.15, 0.2) is 21.4 Å². The SMILES string of the molecule is CCC(C)C(NC(=O)c1coc(Br)c1)C(=O)O. The molecule has 0 fully saturated rings. The fraction of sp³-hybridized carbons (Fsp3) is 0.455. The number of nitrogens with one attached hydrogen (secondary N) is 1. The Hall–Kier alpha value is -1.30. The van der Waals surface area contributed by atoms with Crippen LogP contribution in [-0.2, 0) is 4.79 Å². The largest absolute Gasteiger partial charge is 0.480 e. The molecule has 6 heteroatoms. The molecule has 2 N–H and O–H groups in total. The maximum absolute atomic E-state index is 11.7. The highest BCUT2D eigenvalue weighted by Crippen LogP contribution is 2.15. The van der Waals surface area contributed by atoms with E-state index in [1.165, 1.54) is 12.3 Å². The lowest BCUT2D eigenvalue weighted by atomic mass is 9.99. The molecule has 0 aliphatic heterocycles. The maximum atomic E-state index is 11.7. The lowest BCUT2D eigenvalue weighted by Crippen LogP contribution is -2.44. The van der Waals surface area contributed by atoms with Crippen molar-refractivity contribution in [3.05, 3.63) is 22.6 Å². The molecule has 0 radical (unpaired) electrons.